The summed E-state index contributed by atoms with van der Waals surface area (Å²) in [6.07, 6.45) is 4.87. The van der Waals surface area contributed by atoms with Gasteiger partial charge in [0.15, 0.2) is 0 Å². The maximum absolute atomic E-state index is 11.9. The molecule has 0 bridgehead atoms. The molecule has 1 aromatic carbocycles. The monoisotopic (exact) mass is 263 g/mol. The third-order valence-corrected chi connectivity index (χ3v) is 4.56. The Bertz CT molecular complexity index is 379. The van der Waals surface area contributed by atoms with Crippen LogP contribution in [0.3, 0.4) is 0 Å². The van der Waals surface area contributed by atoms with E-state index in [1.54, 1.807) is 11.8 Å². The van der Waals surface area contributed by atoms with E-state index >= 15 is 0 Å². The summed E-state index contributed by atoms with van der Waals surface area (Å²) in [5, 5.41) is 0.236. The molecule has 98 valence electrons. The number of benzene rings is 1. The van der Waals surface area contributed by atoms with Gasteiger partial charge < -0.3 is 4.90 Å². The molecule has 2 nitrogen and oxygen atoms in total. The maximum Gasteiger partial charge on any atom is 0.233 e. The quantitative estimate of drug-likeness (QED) is 0.727. The minimum absolute atomic E-state index is 0.236. The van der Waals surface area contributed by atoms with Gasteiger partial charge in [0, 0.05) is 6.54 Å². The van der Waals surface area contributed by atoms with Crippen LogP contribution in [0.15, 0.2) is 30.3 Å². The lowest BCUT2D eigenvalue weighted by Crippen LogP contribution is -2.29. The fourth-order valence-corrected chi connectivity index (χ4v) is 3.52. The van der Waals surface area contributed by atoms with Crippen LogP contribution in [0.2, 0.25) is 0 Å². The first-order chi connectivity index (χ1) is 8.83. The zero-order chi connectivity index (χ0) is 12.8. The molecule has 2 rings (SSSR count). The van der Waals surface area contributed by atoms with Crippen molar-refractivity contribution in [1.82, 2.24) is 4.90 Å². The van der Waals surface area contributed by atoms with Crippen molar-refractivity contribution in [2.45, 2.75) is 38.0 Å². The van der Waals surface area contributed by atoms with Gasteiger partial charge in [-0.3, -0.25) is 4.79 Å². The van der Waals surface area contributed by atoms with Gasteiger partial charge in [-0.1, -0.05) is 56.5 Å². The molecular weight excluding hydrogens is 242 g/mol. The molecule has 1 aromatic rings. The van der Waals surface area contributed by atoms with Gasteiger partial charge in [0.05, 0.1) is 5.75 Å². The molecule has 1 fully saturated rings. The number of rotatable bonds is 6. The molecule has 0 N–H and O–H groups in total. The van der Waals surface area contributed by atoms with Crippen LogP contribution in [0.4, 0.5) is 0 Å². The molecule has 0 saturated carbocycles. The van der Waals surface area contributed by atoms with E-state index in [1.807, 2.05) is 18.2 Å². The first-order valence-electron chi connectivity index (χ1n) is 6.79. The van der Waals surface area contributed by atoms with E-state index < -0.39 is 0 Å². The van der Waals surface area contributed by atoms with E-state index in [0.717, 1.165) is 13.0 Å². The molecule has 0 radical (unpaired) electrons. The molecule has 1 heterocycles. The van der Waals surface area contributed by atoms with Crippen LogP contribution in [-0.2, 0) is 4.79 Å². The molecule has 18 heavy (non-hydrogen) atoms. The number of hydrogen-bond donors (Lipinski definition) is 0. The van der Waals surface area contributed by atoms with E-state index in [-0.39, 0.29) is 5.37 Å². The minimum atomic E-state index is 0.236. The number of carbonyl (C=O) groups is 1. The second-order valence-corrected chi connectivity index (χ2v) is 5.79. The Labute approximate surface area is 114 Å². The molecule has 0 spiro atoms. The minimum Gasteiger partial charge on any atom is -0.326 e. The largest absolute Gasteiger partial charge is 0.326 e. The van der Waals surface area contributed by atoms with E-state index in [9.17, 15) is 4.79 Å². The summed E-state index contributed by atoms with van der Waals surface area (Å²) in [6.45, 7) is 3.12. The average Bonchev–Trinajstić information content (AvgIpc) is 2.77. The van der Waals surface area contributed by atoms with E-state index in [1.165, 1.54) is 24.8 Å². The summed E-state index contributed by atoms with van der Waals surface area (Å²) in [6, 6.07) is 10.4. The van der Waals surface area contributed by atoms with Crippen molar-refractivity contribution in [3.05, 3.63) is 35.9 Å². The predicted octanol–water partition coefficient (Wildman–Crippen LogP) is 3.84. The Hall–Kier alpha value is -0.960. The van der Waals surface area contributed by atoms with Gasteiger partial charge in [0.1, 0.15) is 5.37 Å². The molecule has 0 aliphatic carbocycles. The van der Waals surface area contributed by atoms with Crippen LogP contribution in [0.5, 0.6) is 0 Å². The fourth-order valence-electron chi connectivity index (χ4n) is 2.30. The third kappa shape index (κ3) is 3.29. The van der Waals surface area contributed by atoms with Crippen molar-refractivity contribution in [2.24, 2.45) is 0 Å². The van der Waals surface area contributed by atoms with Crippen molar-refractivity contribution >= 4 is 17.7 Å². The van der Waals surface area contributed by atoms with Crippen LogP contribution >= 0.6 is 11.8 Å². The molecule has 1 aliphatic rings. The summed E-state index contributed by atoms with van der Waals surface area (Å²) >= 11 is 1.75. The Kier molecular flexibility index (Phi) is 5.12. The summed E-state index contributed by atoms with van der Waals surface area (Å²) in [4.78, 5) is 14.0. The zero-order valence-electron chi connectivity index (χ0n) is 11.0. The Balaban J connectivity index is 1.95. The highest BCUT2D eigenvalue weighted by Gasteiger charge is 2.31. The number of hydrogen-bond acceptors (Lipinski definition) is 2. The molecule has 1 aliphatic heterocycles. The fraction of sp³-hybridized carbons (Fsp3) is 0.533. The highest BCUT2D eigenvalue weighted by molar-refractivity contribution is 8.00. The molecule has 1 amide bonds. The lowest BCUT2D eigenvalue weighted by molar-refractivity contribution is -0.128. The van der Waals surface area contributed by atoms with Gasteiger partial charge in [-0.05, 0) is 12.0 Å². The first-order valence-corrected chi connectivity index (χ1v) is 7.84. The third-order valence-electron chi connectivity index (χ3n) is 3.31. The van der Waals surface area contributed by atoms with E-state index in [0.29, 0.717) is 11.7 Å². The number of carbonyl (C=O) groups excluding carboxylic acids is 1. The molecule has 1 saturated heterocycles. The highest BCUT2D eigenvalue weighted by Crippen LogP contribution is 2.38. The van der Waals surface area contributed by atoms with Gasteiger partial charge >= 0.3 is 0 Å². The van der Waals surface area contributed by atoms with Gasteiger partial charge in [0.2, 0.25) is 5.91 Å². The predicted molar refractivity (Wildman–Crippen MR) is 77.5 cm³/mol. The molecule has 0 aromatic heterocycles. The van der Waals surface area contributed by atoms with Crippen molar-refractivity contribution < 1.29 is 4.79 Å². The van der Waals surface area contributed by atoms with Gasteiger partial charge in [0.25, 0.3) is 0 Å². The lowest BCUT2D eigenvalue weighted by atomic mass is 10.1. The van der Waals surface area contributed by atoms with Crippen LogP contribution in [0.25, 0.3) is 0 Å². The summed E-state index contributed by atoms with van der Waals surface area (Å²) < 4.78 is 0. The van der Waals surface area contributed by atoms with E-state index in [2.05, 4.69) is 24.0 Å². The van der Waals surface area contributed by atoms with Gasteiger partial charge in [-0.2, -0.15) is 0 Å². The number of thioether (sulfide) groups is 1. The molecule has 3 heteroatoms. The smallest absolute Gasteiger partial charge is 0.233 e. The van der Waals surface area contributed by atoms with Crippen molar-refractivity contribution in [1.29, 1.82) is 0 Å². The van der Waals surface area contributed by atoms with Crippen molar-refractivity contribution in [2.75, 3.05) is 12.3 Å². The topological polar surface area (TPSA) is 20.3 Å². The van der Waals surface area contributed by atoms with E-state index in [4.69, 9.17) is 0 Å². The van der Waals surface area contributed by atoms with Gasteiger partial charge in [-0.15, -0.1) is 11.8 Å². The summed E-state index contributed by atoms with van der Waals surface area (Å²) in [5.74, 6) is 0.929. The second-order valence-electron chi connectivity index (χ2n) is 4.72. The number of amides is 1. The highest BCUT2D eigenvalue weighted by atomic mass is 32.2. The average molecular weight is 263 g/mol. The van der Waals surface area contributed by atoms with Gasteiger partial charge in [-0.25, -0.2) is 0 Å². The Morgan fingerprint density at radius 2 is 2.00 bits per heavy atom. The number of unbranched alkanes of at least 4 members (excludes halogenated alkanes) is 3. The summed E-state index contributed by atoms with van der Waals surface area (Å²) in [7, 11) is 0. The Morgan fingerprint density at radius 1 is 1.22 bits per heavy atom. The number of nitrogens with zero attached hydrogens (tertiary/aromatic N) is 1. The standard InChI is InChI=1S/C15H21NOS/c1-2-3-4-8-11-16-14(17)12-18-15(16)13-9-6-5-7-10-13/h5-7,9-10,15H,2-4,8,11-12H2,1H3. The van der Waals surface area contributed by atoms with Crippen LogP contribution in [0.1, 0.15) is 43.5 Å². The van der Waals surface area contributed by atoms with Crippen LogP contribution < -0.4 is 0 Å². The zero-order valence-corrected chi connectivity index (χ0v) is 11.8. The van der Waals surface area contributed by atoms with Crippen molar-refractivity contribution in [3.63, 3.8) is 0 Å². The van der Waals surface area contributed by atoms with Crippen molar-refractivity contribution in [3.8, 4) is 0 Å². The lowest BCUT2D eigenvalue weighted by Gasteiger charge is -2.24. The summed E-state index contributed by atoms with van der Waals surface area (Å²) in [5.41, 5.74) is 1.25. The normalized spacial score (nSPS) is 19.5. The SMILES string of the molecule is CCCCCCN1C(=O)CSC1c1ccccc1. The maximum atomic E-state index is 11.9. The molecule has 1 atom stereocenters. The van der Waals surface area contributed by atoms with Crippen LogP contribution in [0, 0.1) is 0 Å². The molecule has 1 unspecified atom stereocenters. The van der Waals surface area contributed by atoms with Crippen LogP contribution in [-0.4, -0.2) is 23.1 Å². The molecular formula is C15H21NOS. The Morgan fingerprint density at radius 3 is 2.72 bits per heavy atom. The second kappa shape index (κ2) is 6.83. The first kappa shape index (κ1) is 13.5.